The lowest BCUT2D eigenvalue weighted by molar-refractivity contribution is 0.0302. The zero-order valence-electron chi connectivity index (χ0n) is 12.8. The average molecular weight is 338 g/mol. The van der Waals surface area contributed by atoms with Crippen LogP contribution in [0.1, 0.15) is 34.1 Å². The van der Waals surface area contributed by atoms with Gasteiger partial charge in [-0.3, -0.25) is 9.59 Å². The van der Waals surface area contributed by atoms with E-state index in [4.69, 9.17) is 4.74 Å². The monoisotopic (exact) mass is 338 g/mol. The van der Waals surface area contributed by atoms with E-state index in [2.05, 4.69) is 0 Å². The van der Waals surface area contributed by atoms with Gasteiger partial charge in [0.05, 0.1) is 18.8 Å². The number of rotatable bonds is 3. The summed E-state index contributed by atoms with van der Waals surface area (Å²) < 4.78 is 31.1. The van der Waals surface area contributed by atoms with E-state index in [1.54, 1.807) is 11.8 Å². The van der Waals surface area contributed by atoms with Crippen molar-refractivity contribution in [1.29, 1.82) is 0 Å². The molecule has 1 fully saturated rings. The van der Waals surface area contributed by atoms with Crippen LogP contribution >= 0.6 is 0 Å². The lowest BCUT2D eigenvalue weighted by Crippen LogP contribution is -2.40. The Balaban J connectivity index is 1.96. The van der Waals surface area contributed by atoms with Crippen molar-refractivity contribution in [2.45, 2.75) is 18.2 Å². The lowest BCUT2D eigenvalue weighted by atomic mass is 10.1. The third-order valence-corrected chi connectivity index (χ3v) is 5.80. The molecule has 0 saturated carbocycles. The molecule has 7 nitrogen and oxygen atoms in total. The maximum absolute atomic E-state index is 12.5. The summed E-state index contributed by atoms with van der Waals surface area (Å²) in [4.78, 5) is 26.2. The number of carbonyl (C=O) groups excluding carboxylic acids is 2. The predicted octanol–water partition coefficient (Wildman–Crippen LogP) is 0.714. The van der Waals surface area contributed by atoms with Crippen LogP contribution in [0.25, 0.3) is 0 Å². The first-order valence-electron chi connectivity index (χ1n) is 7.55. The molecule has 0 spiro atoms. The highest BCUT2D eigenvalue weighted by Crippen LogP contribution is 2.31. The Bertz CT molecular complexity index is 753. The van der Waals surface area contributed by atoms with Crippen molar-refractivity contribution in [2.75, 3.05) is 32.8 Å². The minimum atomic E-state index is -3.86. The van der Waals surface area contributed by atoms with Gasteiger partial charge in [-0.2, -0.15) is 0 Å². The molecular formula is C15H18N2O5S. The highest BCUT2D eigenvalue weighted by Gasteiger charge is 2.41. The minimum Gasteiger partial charge on any atom is -0.378 e. The number of morpholine rings is 1. The molecule has 124 valence electrons. The molecule has 2 aliphatic heterocycles. The molecule has 0 N–H and O–H groups in total. The summed E-state index contributed by atoms with van der Waals surface area (Å²) in [5, 5.41) is 0. The number of sulfonamides is 1. The maximum Gasteiger partial charge on any atom is 0.269 e. The molecule has 1 aromatic carbocycles. The van der Waals surface area contributed by atoms with E-state index in [-0.39, 0.29) is 28.5 Å². The molecule has 8 heteroatoms. The SMILES string of the molecule is CCCN1C(=O)c2ccc(C(=O)N3CCOCC3)cc2S1(=O)=O. The van der Waals surface area contributed by atoms with E-state index in [1.807, 2.05) is 0 Å². The van der Waals surface area contributed by atoms with Gasteiger partial charge in [-0.1, -0.05) is 6.92 Å². The molecule has 2 heterocycles. The molecule has 3 rings (SSSR count). The largest absolute Gasteiger partial charge is 0.378 e. The van der Waals surface area contributed by atoms with Crippen molar-refractivity contribution >= 4 is 21.8 Å². The summed E-state index contributed by atoms with van der Waals surface area (Å²) in [6.07, 6.45) is 0.540. The third kappa shape index (κ3) is 2.61. The zero-order valence-corrected chi connectivity index (χ0v) is 13.6. The first-order chi connectivity index (χ1) is 11.0. The van der Waals surface area contributed by atoms with E-state index in [0.717, 1.165) is 4.31 Å². The van der Waals surface area contributed by atoms with E-state index >= 15 is 0 Å². The number of amides is 2. The van der Waals surface area contributed by atoms with Crippen molar-refractivity contribution in [2.24, 2.45) is 0 Å². The van der Waals surface area contributed by atoms with Gasteiger partial charge in [0, 0.05) is 25.2 Å². The zero-order chi connectivity index (χ0) is 16.6. The van der Waals surface area contributed by atoms with E-state index in [9.17, 15) is 18.0 Å². The van der Waals surface area contributed by atoms with Crippen LogP contribution in [0.5, 0.6) is 0 Å². The number of benzene rings is 1. The molecule has 2 aliphatic rings. The first-order valence-corrected chi connectivity index (χ1v) is 8.99. The van der Waals surface area contributed by atoms with Crippen LogP contribution in [0.4, 0.5) is 0 Å². The topological polar surface area (TPSA) is 84.0 Å². The Morgan fingerprint density at radius 2 is 1.96 bits per heavy atom. The Morgan fingerprint density at radius 1 is 1.26 bits per heavy atom. The van der Waals surface area contributed by atoms with E-state index in [0.29, 0.717) is 32.7 Å². The molecule has 0 radical (unpaired) electrons. The molecule has 0 aliphatic carbocycles. The fraction of sp³-hybridized carbons (Fsp3) is 0.467. The van der Waals surface area contributed by atoms with E-state index < -0.39 is 15.9 Å². The highest BCUT2D eigenvalue weighted by atomic mass is 32.2. The third-order valence-electron chi connectivity index (χ3n) is 3.98. The lowest BCUT2D eigenvalue weighted by Gasteiger charge is -2.26. The summed E-state index contributed by atoms with van der Waals surface area (Å²) in [5.41, 5.74) is 0.414. The van der Waals surface area contributed by atoms with Crippen molar-refractivity contribution in [3.63, 3.8) is 0 Å². The second kappa shape index (κ2) is 5.93. The van der Waals surface area contributed by atoms with Gasteiger partial charge in [0.2, 0.25) is 0 Å². The predicted molar refractivity (Wildman–Crippen MR) is 81.7 cm³/mol. The second-order valence-corrected chi connectivity index (χ2v) is 7.33. The molecule has 0 aromatic heterocycles. The van der Waals surface area contributed by atoms with Gasteiger partial charge in [0.25, 0.3) is 21.8 Å². The van der Waals surface area contributed by atoms with Crippen LogP contribution in [0, 0.1) is 0 Å². The maximum atomic E-state index is 12.5. The minimum absolute atomic E-state index is 0.0740. The van der Waals surface area contributed by atoms with Gasteiger partial charge in [0.1, 0.15) is 4.90 Å². The smallest absolute Gasteiger partial charge is 0.269 e. The van der Waals surface area contributed by atoms with Gasteiger partial charge < -0.3 is 9.64 Å². The first kappa shape index (κ1) is 15.9. The van der Waals surface area contributed by atoms with Crippen molar-refractivity contribution in [3.05, 3.63) is 29.3 Å². The number of ether oxygens (including phenoxy) is 1. The van der Waals surface area contributed by atoms with Crippen LogP contribution in [-0.2, 0) is 14.8 Å². The molecule has 2 amide bonds. The Kier molecular flexibility index (Phi) is 4.11. The molecular weight excluding hydrogens is 320 g/mol. The highest BCUT2D eigenvalue weighted by molar-refractivity contribution is 7.90. The van der Waals surface area contributed by atoms with Crippen molar-refractivity contribution in [1.82, 2.24) is 9.21 Å². The van der Waals surface area contributed by atoms with E-state index in [1.165, 1.54) is 18.2 Å². The Morgan fingerprint density at radius 3 is 2.61 bits per heavy atom. The molecule has 0 atom stereocenters. The molecule has 1 saturated heterocycles. The standard InChI is InChI=1S/C15H18N2O5S/c1-2-5-17-15(19)12-4-3-11(10-13(12)23(17,20)21)14(18)16-6-8-22-9-7-16/h3-4,10H,2,5-9H2,1H3. The van der Waals surface area contributed by atoms with Crippen LogP contribution < -0.4 is 0 Å². The van der Waals surface area contributed by atoms with Gasteiger partial charge >= 0.3 is 0 Å². The summed E-state index contributed by atoms with van der Waals surface area (Å²) in [7, 11) is -3.86. The average Bonchev–Trinajstić information content (AvgIpc) is 2.76. The van der Waals surface area contributed by atoms with Crippen LogP contribution in [0.2, 0.25) is 0 Å². The van der Waals surface area contributed by atoms with Crippen LogP contribution in [-0.4, -0.2) is 62.3 Å². The Hall–Kier alpha value is -1.93. The summed E-state index contributed by atoms with van der Waals surface area (Å²) >= 11 is 0. The number of hydrogen-bond donors (Lipinski definition) is 0. The molecule has 0 unspecified atom stereocenters. The van der Waals surface area contributed by atoms with Crippen molar-refractivity contribution in [3.8, 4) is 0 Å². The fourth-order valence-electron chi connectivity index (χ4n) is 2.78. The molecule has 1 aromatic rings. The summed E-state index contributed by atoms with van der Waals surface area (Å²) in [6.45, 7) is 3.84. The molecule has 23 heavy (non-hydrogen) atoms. The second-order valence-electron chi connectivity index (χ2n) is 5.50. The van der Waals surface area contributed by atoms with Gasteiger partial charge in [0.15, 0.2) is 0 Å². The number of hydrogen-bond acceptors (Lipinski definition) is 5. The van der Waals surface area contributed by atoms with Gasteiger partial charge in [-0.25, -0.2) is 12.7 Å². The van der Waals surface area contributed by atoms with Gasteiger partial charge in [-0.05, 0) is 24.6 Å². The fourth-order valence-corrected chi connectivity index (χ4v) is 4.47. The van der Waals surface area contributed by atoms with Crippen LogP contribution in [0.3, 0.4) is 0 Å². The van der Waals surface area contributed by atoms with Crippen molar-refractivity contribution < 1.29 is 22.7 Å². The quantitative estimate of drug-likeness (QED) is 0.810. The summed E-state index contributed by atoms with van der Waals surface area (Å²) in [6, 6.07) is 4.26. The normalized spacial score (nSPS) is 19.8. The summed E-state index contributed by atoms with van der Waals surface area (Å²) in [5.74, 6) is -0.764. The Labute approximate surface area is 134 Å². The number of nitrogens with zero attached hydrogens (tertiary/aromatic N) is 2. The number of fused-ring (bicyclic) bond motifs is 1. The number of carbonyl (C=O) groups is 2. The molecule has 0 bridgehead atoms. The van der Waals surface area contributed by atoms with Gasteiger partial charge in [-0.15, -0.1) is 0 Å². The van der Waals surface area contributed by atoms with Crippen LogP contribution in [0.15, 0.2) is 23.1 Å².